The Morgan fingerprint density at radius 1 is 1.26 bits per heavy atom. The molecular weight excluding hydrogens is 242 g/mol. The largest absolute Gasteiger partial charge is 0.369 e. The van der Waals surface area contributed by atoms with E-state index in [2.05, 4.69) is 15.5 Å². The Balaban J connectivity index is 2.68. The van der Waals surface area contributed by atoms with E-state index in [9.17, 15) is 4.79 Å². The quantitative estimate of drug-likeness (QED) is 0.432. The van der Waals surface area contributed by atoms with Crippen LogP contribution in [0.25, 0.3) is 0 Å². The average Bonchev–Trinajstić information content (AvgIpc) is 2.31. The van der Waals surface area contributed by atoms with Gasteiger partial charge in [-0.3, -0.25) is 4.79 Å². The molecule has 0 fully saturated rings. The van der Waals surface area contributed by atoms with Gasteiger partial charge in [0.2, 0.25) is 11.9 Å². The highest BCUT2D eigenvalue weighted by Crippen LogP contribution is 2.16. The third kappa shape index (κ3) is 5.20. The summed E-state index contributed by atoms with van der Waals surface area (Å²) in [6.45, 7) is 5.60. The van der Waals surface area contributed by atoms with Crippen molar-refractivity contribution >= 4 is 23.3 Å². The Morgan fingerprint density at radius 2 is 1.95 bits per heavy atom. The molecule has 102 valence electrons. The summed E-state index contributed by atoms with van der Waals surface area (Å²) in [4.78, 5) is 11.8. The van der Waals surface area contributed by atoms with E-state index in [1.165, 1.54) is 0 Å². The summed E-state index contributed by atoms with van der Waals surface area (Å²) in [6, 6.07) is 5.89. The van der Waals surface area contributed by atoms with Gasteiger partial charge in [-0.05, 0) is 38.0 Å². The van der Waals surface area contributed by atoms with E-state index < -0.39 is 0 Å². The number of benzene rings is 1. The summed E-state index contributed by atoms with van der Waals surface area (Å²) in [5, 5.41) is 10.1. The molecule has 0 aliphatic heterocycles. The van der Waals surface area contributed by atoms with Crippen LogP contribution in [0.4, 0.5) is 5.69 Å². The van der Waals surface area contributed by atoms with Crippen LogP contribution >= 0.6 is 0 Å². The van der Waals surface area contributed by atoms with Crippen molar-refractivity contribution in [2.24, 2.45) is 21.7 Å². The van der Waals surface area contributed by atoms with Gasteiger partial charge in [-0.1, -0.05) is 12.1 Å². The van der Waals surface area contributed by atoms with Crippen molar-refractivity contribution in [2.45, 2.75) is 27.2 Å². The van der Waals surface area contributed by atoms with Gasteiger partial charge in [0.05, 0.1) is 6.42 Å². The Morgan fingerprint density at radius 3 is 2.58 bits per heavy atom. The highest BCUT2D eigenvalue weighted by atomic mass is 16.1. The van der Waals surface area contributed by atoms with Crippen LogP contribution < -0.4 is 16.8 Å². The van der Waals surface area contributed by atoms with Crippen LogP contribution in [0.3, 0.4) is 0 Å². The highest BCUT2D eigenvalue weighted by Gasteiger charge is 2.06. The summed E-state index contributed by atoms with van der Waals surface area (Å²) in [5.74, 6) is -0.282. The molecule has 0 bridgehead atoms. The summed E-state index contributed by atoms with van der Waals surface area (Å²) in [5.41, 5.74) is 13.7. The maximum atomic E-state index is 11.8. The zero-order valence-corrected chi connectivity index (χ0v) is 11.4. The Bertz CT molecular complexity index is 530. The van der Waals surface area contributed by atoms with E-state index in [0.29, 0.717) is 5.71 Å². The third-order valence-corrected chi connectivity index (χ3v) is 2.42. The van der Waals surface area contributed by atoms with E-state index in [1.807, 2.05) is 32.0 Å². The predicted octanol–water partition coefficient (Wildman–Crippen LogP) is 1.28. The zero-order valence-electron chi connectivity index (χ0n) is 11.4. The van der Waals surface area contributed by atoms with Crippen molar-refractivity contribution in [2.75, 3.05) is 5.32 Å². The Kier molecular flexibility index (Phi) is 5.05. The fourth-order valence-corrected chi connectivity index (χ4v) is 1.48. The number of anilines is 1. The molecule has 6 nitrogen and oxygen atoms in total. The Hall–Kier alpha value is -2.37. The van der Waals surface area contributed by atoms with Gasteiger partial charge in [0, 0.05) is 11.4 Å². The number of nitrogens with one attached hydrogen (secondary N) is 1. The monoisotopic (exact) mass is 261 g/mol. The molecule has 6 heteroatoms. The third-order valence-electron chi connectivity index (χ3n) is 2.42. The van der Waals surface area contributed by atoms with Gasteiger partial charge in [-0.15, -0.1) is 5.10 Å². The smallest absolute Gasteiger partial charge is 0.230 e. The molecule has 0 heterocycles. The lowest BCUT2D eigenvalue weighted by atomic mass is 10.1. The van der Waals surface area contributed by atoms with Gasteiger partial charge in [0.15, 0.2) is 0 Å². The van der Waals surface area contributed by atoms with Gasteiger partial charge in [0.25, 0.3) is 0 Å². The maximum absolute atomic E-state index is 11.8. The molecule has 0 saturated heterocycles. The molecule has 1 rings (SSSR count). The van der Waals surface area contributed by atoms with Crippen molar-refractivity contribution in [1.29, 1.82) is 0 Å². The first-order valence-corrected chi connectivity index (χ1v) is 5.87. The molecule has 0 spiro atoms. The normalized spacial score (nSPS) is 11.0. The van der Waals surface area contributed by atoms with Crippen LogP contribution in [-0.4, -0.2) is 17.6 Å². The van der Waals surface area contributed by atoms with E-state index in [4.69, 9.17) is 11.5 Å². The number of nitrogens with two attached hydrogens (primary N) is 2. The zero-order chi connectivity index (χ0) is 14.4. The van der Waals surface area contributed by atoms with Gasteiger partial charge in [-0.2, -0.15) is 5.10 Å². The van der Waals surface area contributed by atoms with Gasteiger partial charge in [-0.25, -0.2) is 0 Å². The Labute approximate surface area is 112 Å². The van der Waals surface area contributed by atoms with Crippen molar-refractivity contribution in [3.8, 4) is 0 Å². The molecular formula is C13H19N5O. The molecule has 5 N–H and O–H groups in total. The second-order valence-corrected chi connectivity index (χ2v) is 4.40. The number of rotatable bonds is 4. The van der Waals surface area contributed by atoms with Gasteiger partial charge < -0.3 is 16.8 Å². The number of guanidine groups is 1. The number of carbonyl (C=O) groups excluding carboxylic acids is 1. The van der Waals surface area contributed by atoms with Crippen LogP contribution in [0.15, 0.2) is 28.4 Å². The first-order valence-electron chi connectivity index (χ1n) is 5.87. The summed E-state index contributed by atoms with van der Waals surface area (Å²) < 4.78 is 0. The first-order chi connectivity index (χ1) is 8.88. The van der Waals surface area contributed by atoms with Crippen LogP contribution in [-0.2, 0) is 4.79 Å². The molecule has 0 aliphatic rings. The lowest BCUT2D eigenvalue weighted by molar-refractivity contribution is -0.115. The molecule has 1 amide bonds. The highest BCUT2D eigenvalue weighted by molar-refractivity contribution is 6.05. The molecule has 0 aliphatic carbocycles. The van der Waals surface area contributed by atoms with Gasteiger partial charge in [0.1, 0.15) is 0 Å². The van der Waals surface area contributed by atoms with E-state index in [-0.39, 0.29) is 18.3 Å². The second kappa shape index (κ2) is 6.53. The SMILES string of the molecule is C/C(CC(=O)Nc1cc(C)ccc1C)=N\N=C(N)N. The lowest BCUT2D eigenvalue weighted by Gasteiger charge is -2.08. The minimum Gasteiger partial charge on any atom is -0.369 e. The van der Waals surface area contributed by atoms with Crippen LogP contribution in [0.5, 0.6) is 0 Å². The van der Waals surface area contributed by atoms with E-state index in [0.717, 1.165) is 16.8 Å². The average molecular weight is 261 g/mol. The van der Waals surface area contributed by atoms with E-state index >= 15 is 0 Å². The van der Waals surface area contributed by atoms with Gasteiger partial charge >= 0.3 is 0 Å². The maximum Gasteiger partial charge on any atom is 0.230 e. The first kappa shape index (κ1) is 14.7. The molecule has 1 aromatic rings. The van der Waals surface area contributed by atoms with Crippen LogP contribution in [0.1, 0.15) is 24.5 Å². The van der Waals surface area contributed by atoms with Crippen molar-refractivity contribution in [3.05, 3.63) is 29.3 Å². The predicted molar refractivity (Wildman–Crippen MR) is 78.1 cm³/mol. The summed E-state index contributed by atoms with van der Waals surface area (Å²) >= 11 is 0. The molecule has 0 saturated carbocycles. The number of nitrogens with zero attached hydrogens (tertiary/aromatic N) is 2. The van der Waals surface area contributed by atoms with Crippen molar-refractivity contribution in [3.63, 3.8) is 0 Å². The standard InChI is InChI=1S/C13H19N5O/c1-8-4-5-9(2)11(6-8)16-12(19)7-10(3)17-18-13(14)15/h4-6H,7H2,1-3H3,(H,16,19)(H4,14,15,18)/b17-10+. The second-order valence-electron chi connectivity index (χ2n) is 4.40. The molecule has 19 heavy (non-hydrogen) atoms. The van der Waals surface area contributed by atoms with Crippen LogP contribution in [0.2, 0.25) is 0 Å². The summed E-state index contributed by atoms with van der Waals surface area (Å²) in [6.07, 6.45) is 0.143. The molecule has 0 unspecified atom stereocenters. The number of amides is 1. The number of carbonyl (C=O) groups is 1. The minimum absolute atomic E-state index is 0.130. The number of hydrogen-bond acceptors (Lipinski definition) is 3. The minimum atomic E-state index is -0.152. The van der Waals surface area contributed by atoms with Crippen molar-refractivity contribution in [1.82, 2.24) is 0 Å². The lowest BCUT2D eigenvalue weighted by Crippen LogP contribution is -2.22. The number of hydrogen-bond donors (Lipinski definition) is 3. The topological polar surface area (TPSA) is 106 Å². The van der Waals surface area contributed by atoms with Crippen molar-refractivity contribution < 1.29 is 4.79 Å². The molecule has 0 aromatic heterocycles. The molecule has 0 radical (unpaired) electrons. The fourth-order valence-electron chi connectivity index (χ4n) is 1.48. The summed E-state index contributed by atoms with van der Waals surface area (Å²) in [7, 11) is 0. The van der Waals surface area contributed by atoms with E-state index in [1.54, 1.807) is 6.92 Å². The fraction of sp³-hybridized carbons (Fsp3) is 0.308. The molecule has 0 atom stereocenters. The number of aryl methyl sites for hydroxylation is 2. The van der Waals surface area contributed by atoms with Crippen LogP contribution in [0, 0.1) is 13.8 Å². The molecule has 1 aromatic carbocycles.